The van der Waals surface area contributed by atoms with Crippen LogP contribution in [0, 0.1) is 0 Å². The van der Waals surface area contributed by atoms with Crippen LogP contribution in [-0.2, 0) is 6.42 Å². The maximum Gasteiger partial charge on any atom is 0.325 e. The topological polar surface area (TPSA) is 96.4 Å². The van der Waals surface area contributed by atoms with Gasteiger partial charge in [0.15, 0.2) is 5.16 Å². The van der Waals surface area contributed by atoms with Crippen molar-refractivity contribution < 1.29 is 0 Å². The highest BCUT2D eigenvalue weighted by Crippen LogP contribution is 2.24. The van der Waals surface area contributed by atoms with Gasteiger partial charge in [-0.25, -0.2) is 4.79 Å². The van der Waals surface area contributed by atoms with Gasteiger partial charge in [-0.2, -0.15) is 0 Å². The number of benzene rings is 1. The SMILES string of the molecule is CCCCSc1nnc(Cc2cc(=O)[nH]c(=O)[nH]2)n1-c1ccc(Cl)cc1. The Bertz CT molecular complexity index is 965. The highest BCUT2D eigenvalue weighted by molar-refractivity contribution is 7.99. The predicted molar refractivity (Wildman–Crippen MR) is 102 cm³/mol. The van der Waals surface area contributed by atoms with E-state index in [0.29, 0.717) is 16.5 Å². The van der Waals surface area contributed by atoms with E-state index in [0.717, 1.165) is 29.4 Å². The lowest BCUT2D eigenvalue weighted by molar-refractivity contribution is 0.826. The van der Waals surface area contributed by atoms with Crippen LogP contribution in [0.1, 0.15) is 31.3 Å². The van der Waals surface area contributed by atoms with E-state index in [2.05, 4.69) is 27.1 Å². The number of thioether (sulfide) groups is 1. The Morgan fingerprint density at radius 2 is 1.92 bits per heavy atom. The summed E-state index contributed by atoms with van der Waals surface area (Å²) in [7, 11) is 0. The Balaban J connectivity index is 1.99. The second kappa shape index (κ2) is 8.37. The summed E-state index contributed by atoms with van der Waals surface area (Å²) in [5.74, 6) is 1.57. The van der Waals surface area contributed by atoms with Crippen LogP contribution in [-0.4, -0.2) is 30.5 Å². The molecule has 0 amide bonds. The Labute approximate surface area is 158 Å². The lowest BCUT2D eigenvalue weighted by atomic mass is 10.2. The van der Waals surface area contributed by atoms with Gasteiger partial charge in [0, 0.05) is 34.6 Å². The van der Waals surface area contributed by atoms with Crippen LogP contribution in [0.4, 0.5) is 0 Å². The summed E-state index contributed by atoms with van der Waals surface area (Å²) in [6.45, 7) is 2.14. The molecule has 2 aromatic heterocycles. The van der Waals surface area contributed by atoms with Crippen LogP contribution in [0.25, 0.3) is 5.69 Å². The van der Waals surface area contributed by atoms with Crippen molar-refractivity contribution in [1.82, 2.24) is 24.7 Å². The average molecular weight is 392 g/mol. The van der Waals surface area contributed by atoms with Gasteiger partial charge in [-0.05, 0) is 30.7 Å². The quantitative estimate of drug-likeness (QED) is 0.477. The molecule has 1 aromatic carbocycles. The van der Waals surface area contributed by atoms with Crippen molar-refractivity contribution in [3.63, 3.8) is 0 Å². The average Bonchev–Trinajstić information content (AvgIpc) is 2.97. The summed E-state index contributed by atoms with van der Waals surface area (Å²) in [6.07, 6.45) is 2.46. The minimum Gasteiger partial charge on any atom is -0.311 e. The first-order valence-corrected chi connectivity index (χ1v) is 9.58. The van der Waals surface area contributed by atoms with Crippen LogP contribution < -0.4 is 11.2 Å². The Hall–Kier alpha value is -2.32. The van der Waals surface area contributed by atoms with Crippen LogP contribution in [0.2, 0.25) is 5.02 Å². The smallest absolute Gasteiger partial charge is 0.311 e. The molecule has 0 saturated heterocycles. The van der Waals surface area contributed by atoms with E-state index < -0.39 is 11.2 Å². The number of hydrogen-bond donors (Lipinski definition) is 2. The Morgan fingerprint density at radius 1 is 1.15 bits per heavy atom. The minimum atomic E-state index is -0.539. The maximum atomic E-state index is 11.5. The zero-order valence-electron chi connectivity index (χ0n) is 14.2. The van der Waals surface area contributed by atoms with Gasteiger partial charge in [0.2, 0.25) is 0 Å². The third-order valence-corrected chi connectivity index (χ3v) is 4.95. The number of halogens is 1. The van der Waals surface area contributed by atoms with Crippen molar-refractivity contribution in [1.29, 1.82) is 0 Å². The van der Waals surface area contributed by atoms with Gasteiger partial charge in [0.25, 0.3) is 5.56 Å². The Kier molecular flexibility index (Phi) is 5.95. The largest absolute Gasteiger partial charge is 0.325 e. The third-order valence-electron chi connectivity index (χ3n) is 3.68. The van der Waals surface area contributed by atoms with E-state index in [1.54, 1.807) is 23.9 Å². The van der Waals surface area contributed by atoms with Crippen LogP contribution in [0.5, 0.6) is 0 Å². The number of unbranched alkanes of at least 4 members (excludes halogenated alkanes) is 1. The van der Waals surface area contributed by atoms with E-state index in [1.807, 2.05) is 16.7 Å². The normalized spacial score (nSPS) is 11.0. The molecule has 0 atom stereocenters. The number of H-pyrrole nitrogens is 2. The van der Waals surface area contributed by atoms with E-state index in [9.17, 15) is 9.59 Å². The van der Waals surface area contributed by atoms with Gasteiger partial charge in [-0.15, -0.1) is 10.2 Å². The molecule has 2 heterocycles. The van der Waals surface area contributed by atoms with Gasteiger partial charge in [0.05, 0.1) is 0 Å². The minimum absolute atomic E-state index is 0.281. The predicted octanol–water partition coefficient (Wildman–Crippen LogP) is 2.78. The first-order chi connectivity index (χ1) is 12.6. The van der Waals surface area contributed by atoms with E-state index in [4.69, 9.17) is 11.6 Å². The number of aromatic nitrogens is 5. The van der Waals surface area contributed by atoms with Crippen LogP contribution in [0.15, 0.2) is 45.1 Å². The highest BCUT2D eigenvalue weighted by Gasteiger charge is 2.15. The fourth-order valence-corrected chi connectivity index (χ4v) is 3.63. The van der Waals surface area contributed by atoms with Crippen molar-refractivity contribution in [2.45, 2.75) is 31.3 Å². The highest BCUT2D eigenvalue weighted by atomic mass is 35.5. The molecule has 0 aliphatic carbocycles. The molecule has 0 unspecified atom stereocenters. The third kappa shape index (κ3) is 4.44. The molecular formula is C17H18ClN5O2S. The van der Waals surface area contributed by atoms with Gasteiger partial charge >= 0.3 is 5.69 Å². The monoisotopic (exact) mass is 391 g/mol. The number of nitrogens with zero attached hydrogens (tertiary/aromatic N) is 3. The molecule has 9 heteroatoms. The number of nitrogens with one attached hydrogen (secondary N) is 2. The van der Waals surface area contributed by atoms with Crippen molar-refractivity contribution in [3.8, 4) is 5.69 Å². The van der Waals surface area contributed by atoms with E-state index >= 15 is 0 Å². The van der Waals surface area contributed by atoms with Crippen LogP contribution >= 0.6 is 23.4 Å². The summed E-state index contributed by atoms with van der Waals surface area (Å²) < 4.78 is 1.93. The van der Waals surface area contributed by atoms with Gasteiger partial charge in [-0.1, -0.05) is 36.7 Å². The zero-order valence-corrected chi connectivity index (χ0v) is 15.7. The van der Waals surface area contributed by atoms with Crippen molar-refractivity contribution in [2.24, 2.45) is 0 Å². The fraction of sp³-hybridized carbons (Fsp3) is 0.294. The van der Waals surface area contributed by atoms with Gasteiger partial charge in [0.1, 0.15) is 5.82 Å². The van der Waals surface area contributed by atoms with Gasteiger partial charge < -0.3 is 4.98 Å². The molecule has 7 nitrogen and oxygen atoms in total. The van der Waals surface area contributed by atoms with Gasteiger partial charge in [-0.3, -0.25) is 14.3 Å². The Morgan fingerprint density at radius 3 is 2.62 bits per heavy atom. The van der Waals surface area contributed by atoms with E-state index in [1.165, 1.54) is 6.07 Å². The maximum absolute atomic E-state index is 11.5. The lowest BCUT2D eigenvalue weighted by Gasteiger charge is -2.10. The lowest BCUT2D eigenvalue weighted by Crippen LogP contribution is -2.23. The summed E-state index contributed by atoms with van der Waals surface area (Å²) in [5, 5.41) is 9.97. The molecule has 0 aliphatic heterocycles. The number of rotatable bonds is 7. The zero-order chi connectivity index (χ0) is 18.5. The fourth-order valence-electron chi connectivity index (χ4n) is 2.45. The first kappa shape index (κ1) is 18.5. The molecule has 2 N–H and O–H groups in total. The summed E-state index contributed by atoms with van der Waals surface area (Å²) in [5.41, 5.74) is 0.369. The van der Waals surface area contributed by atoms with Crippen molar-refractivity contribution in [2.75, 3.05) is 5.75 Å². The molecule has 0 aliphatic rings. The van der Waals surface area contributed by atoms with Crippen molar-refractivity contribution in [3.05, 3.63) is 67.7 Å². The molecule has 0 spiro atoms. The van der Waals surface area contributed by atoms with Crippen molar-refractivity contribution >= 4 is 23.4 Å². The second-order valence-electron chi connectivity index (χ2n) is 5.70. The standard InChI is InChI=1S/C17H18ClN5O2S/c1-2-3-8-26-17-22-21-14(9-12-10-15(24)20-16(25)19-12)23(17)13-6-4-11(18)5-7-13/h4-7,10H,2-3,8-9H2,1H3,(H2,19,20,24,25). The van der Waals surface area contributed by atoms with Crippen LogP contribution in [0.3, 0.4) is 0 Å². The summed E-state index contributed by atoms with van der Waals surface area (Å²) in [6, 6.07) is 8.73. The summed E-state index contributed by atoms with van der Waals surface area (Å²) >= 11 is 7.62. The number of hydrogen-bond acceptors (Lipinski definition) is 5. The molecule has 0 bridgehead atoms. The summed E-state index contributed by atoms with van der Waals surface area (Å²) in [4.78, 5) is 27.8. The molecule has 3 rings (SSSR count). The number of aromatic amines is 2. The molecule has 0 radical (unpaired) electrons. The first-order valence-electron chi connectivity index (χ1n) is 8.22. The molecule has 136 valence electrons. The molecule has 0 saturated carbocycles. The molecule has 3 aromatic rings. The molecule has 26 heavy (non-hydrogen) atoms. The molecular weight excluding hydrogens is 374 g/mol. The second-order valence-corrected chi connectivity index (χ2v) is 7.20. The molecule has 0 fully saturated rings. The van der Waals surface area contributed by atoms with E-state index in [-0.39, 0.29) is 6.42 Å².